The van der Waals surface area contributed by atoms with Gasteiger partial charge >= 0.3 is 0 Å². The number of H-pyrrole nitrogens is 1. The number of benzene rings is 1. The molecule has 1 aromatic heterocycles. The zero-order chi connectivity index (χ0) is 13.2. The van der Waals surface area contributed by atoms with Crippen molar-refractivity contribution in [1.82, 2.24) is 4.98 Å². The maximum Gasteiger partial charge on any atom is 0.259 e. The minimum Gasteiger partial charge on any atom is -0.490 e. The molecule has 5 heteroatoms. The van der Waals surface area contributed by atoms with Crippen molar-refractivity contribution in [2.75, 3.05) is 18.1 Å². The van der Waals surface area contributed by atoms with Crippen molar-refractivity contribution in [1.29, 1.82) is 0 Å². The highest BCUT2D eigenvalue weighted by molar-refractivity contribution is 6.06. The Labute approximate surface area is 109 Å². The minimum atomic E-state index is -0.223. The lowest BCUT2D eigenvalue weighted by atomic mass is 10.2. The van der Waals surface area contributed by atoms with E-state index < -0.39 is 0 Å². The van der Waals surface area contributed by atoms with E-state index in [1.807, 2.05) is 24.3 Å². The summed E-state index contributed by atoms with van der Waals surface area (Å²) in [5, 5.41) is 0. The maximum atomic E-state index is 12.4. The molecule has 0 bridgehead atoms. The van der Waals surface area contributed by atoms with Gasteiger partial charge in [-0.15, -0.1) is 0 Å². The molecule has 1 N–H and O–H groups in total. The highest BCUT2D eigenvalue weighted by Crippen LogP contribution is 2.31. The van der Waals surface area contributed by atoms with E-state index in [2.05, 4.69) is 4.98 Å². The Morgan fingerprint density at radius 2 is 2.05 bits per heavy atom. The van der Waals surface area contributed by atoms with Crippen LogP contribution >= 0.6 is 0 Å². The summed E-state index contributed by atoms with van der Waals surface area (Å²) in [7, 11) is 0. The van der Waals surface area contributed by atoms with E-state index >= 15 is 0 Å². The Morgan fingerprint density at radius 3 is 2.84 bits per heavy atom. The SMILES string of the molecule is O=C(c1ccc(=O)[nH]c1)N1CCOc2ccccc21. The Kier molecular flexibility index (Phi) is 2.79. The summed E-state index contributed by atoms with van der Waals surface area (Å²) < 4.78 is 5.51. The number of rotatable bonds is 1. The number of fused-ring (bicyclic) bond motifs is 1. The van der Waals surface area contributed by atoms with Crippen LogP contribution < -0.4 is 15.2 Å². The van der Waals surface area contributed by atoms with Gasteiger partial charge in [0, 0.05) is 12.3 Å². The van der Waals surface area contributed by atoms with Crippen molar-refractivity contribution >= 4 is 11.6 Å². The molecular formula is C14H12N2O3. The van der Waals surface area contributed by atoms with Crippen LogP contribution in [0.25, 0.3) is 0 Å². The third-order valence-corrected chi connectivity index (χ3v) is 3.00. The lowest BCUT2D eigenvalue weighted by molar-refractivity contribution is 0.0976. The maximum absolute atomic E-state index is 12.4. The van der Waals surface area contributed by atoms with Gasteiger partial charge in [0.2, 0.25) is 5.56 Å². The fraction of sp³-hybridized carbons (Fsp3) is 0.143. The molecule has 0 saturated heterocycles. The summed E-state index contributed by atoms with van der Waals surface area (Å²) in [4.78, 5) is 27.6. The van der Waals surface area contributed by atoms with Gasteiger partial charge in [0.15, 0.2) is 0 Å². The number of pyridine rings is 1. The third kappa shape index (κ3) is 2.10. The van der Waals surface area contributed by atoms with Crippen LogP contribution in [0.5, 0.6) is 5.75 Å². The van der Waals surface area contributed by atoms with Crippen LogP contribution in [-0.4, -0.2) is 24.0 Å². The summed E-state index contributed by atoms with van der Waals surface area (Å²) >= 11 is 0. The summed E-state index contributed by atoms with van der Waals surface area (Å²) in [5.74, 6) is 0.554. The molecule has 1 aliphatic heterocycles. The molecule has 0 radical (unpaired) electrons. The smallest absolute Gasteiger partial charge is 0.259 e. The molecule has 1 aliphatic rings. The Balaban J connectivity index is 1.97. The van der Waals surface area contributed by atoms with Crippen LogP contribution in [0.1, 0.15) is 10.4 Å². The van der Waals surface area contributed by atoms with Crippen LogP contribution in [-0.2, 0) is 0 Å². The number of ether oxygens (including phenoxy) is 1. The average molecular weight is 256 g/mol. The van der Waals surface area contributed by atoms with Crippen molar-refractivity contribution in [3.05, 3.63) is 58.5 Å². The lowest BCUT2D eigenvalue weighted by Gasteiger charge is -2.29. The van der Waals surface area contributed by atoms with Gasteiger partial charge in [0.25, 0.3) is 5.91 Å². The predicted octanol–water partition coefficient (Wildman–Crippen LogP) is 1.41. The van der Waals surface area contributed by atoms with Crippen molar-refractivity contribution < 1.29 is 9.53 Å². The lowest BCUT2D eigenvalue weighted by Crippen LogP contribution is -2.38. The zero-order valence-corrected chi connectivity index (χ0v) is 10.1. The first-order chi connectivity index (χ1) is 9.25. The van der Waals surface area contributed by atoms with Crippen LogP contribution in [0.3, 0.4) is 0 Å². The second-order valence-corrected chi connectivity index (χ2v) is 4.21. The number of anilines is 1. The zero-order valence-electron chi connectivity index (χ0n) is 10.1. The third-order valence-electron chi connectivity index (χ3n) is 3.00. The fourth-order valence-corrected chi connectivity index (χ4v) is 2.08. The van der Waals surface area contributed by atoms with Crippen molar-refractivity contribution in [2.45, 2.75) is 0 Å². The molecule has 0 fully saturated rings. The number of amides is 1. The highest BCUT2D eigenvalue weighted by atomic mass is 16.5. The van der Waals surface area contributed by atoms with Gasteiger partial charge < -0.3 is 14.6 Å². The molecule has 0 atom stereocenters. The standard InChI is InChI=1S/C14H12N2O3/c17-13-6-5-10(9-15-13)14(18)16-7-8-19-12-4-2-1-3-11(12)16/h1-6,9H,7-8H2,(H,15,17). The summed E-state index contributed by atoms with van der Waals surface area (Å²) in [5.41, 5.74) is 0.986. The molecule has 0 saturated carbocycles. The molecule has 0 aliphatic carbocycles. The molecule has 2 aromatic rings. The second kappa shape index (κ2) is 4.61. The van der Waals surface area contributed by atoms with Gasteiger partial charge in [0.05, 0.1) is 17.8 Å². The van der Waals surface area contributed by atoms with Gasteiger partial charge in [-0.05, 0) is 18.2 Å². The number of aromatic amines is 1. The Morgan fingerprint density at radius 1 is 1.21 bits per heavy atom. The first-order valence-corrected chi connectivity index (χ1v) is 5.98. The minimum absolute atomic E-state index is 0.146. The molecule has 0 spiro atoms. The van der Waals surface area contributed by atoms with Crippen molar-refractivity contribution in [3.8, 4) is 5.75 Å². The van der Waals surface area contributed by atoms with E-state index in [1.54, 1.807) is 4.90 Å². The van der Waals surface area contributed by atoms with Crippen LogP contribution in [0.4, 0.5) is 5.69 Å². The first kappa shape index (κ1) is 11.5. The topological polar surface area (TPSA) is 62.4 Å². The van der Waals surface area contributed by atoms with Crippen LogP contribution in [0.2, 0.25) is 0 Å². The van der Waals surface area contributed by atoms with E-state index in [-0.39, 0.29) is 11.5 Å². The largest absolute Gasteiger partial charge is 0.490 e. The van der Waals surface area contributed by atoms with E-state index in [1.165, 1.54) is 18.3 Å². The number of carbonyl (C=O) groups is 1. The summed E-state index contributed by atoms with van der Waals surface area (Å²) in [6, 6.07) is 10.3. The number of carbonyl (C=O) groups excluding carboxylic acids is 1. The van der Waals surface area contributed by atoms with Crippen LogP contribution in [0, 0.1) is 0 Å². The molecule has 5 nitrogen and oxygen atoms in total. The van der Waals surface area contributed by atoms with Gasteiger partial charge in [0.1, 0.15) is 12.4 Å². The second-order valence-electron chi connectivity index (χ2n) is 4.21. The summed E-state index contributed by atoms with van der Waals surface area (Å²) in [6.45, 7) is 0.959. The number of hydrogen-bond acceptors (Lipinski definition) is 3. The van der Waals surface area contributed by atoms with Crippen molar-refractivity contribution in [3.63, 3.8) is 0 Å². The number of aromatic nitrogens is 1. The number of nitrogens with one attached hydrogen (secondary N) is 1. The van der Waals surface area contributed by atoms with Gasteiger partial charge in [-0.1, -0.05) is 12.1 Å². The van der Waals surface area contributed by atoms with E-state index in [0.717, 1.165) is 5.69 Å². The fourth-order valence-electron chi connectivity index (χ4n) is 2.08. The molecule has 0 unspecified atom stereocenters. The Hall–Kier alpha value is -2.56. The predicted molar refractivity (Wildman–Crippen MR) is 70.7 cm³/mol. The molecule has 3 rings (SSSR count). The highest BCUT2D eigenvalue weighted by Gasteiger charge is 2.24. The van der Waals surface area contributed by atoms with E-state index in [0.29, 0.717) is 24.5 Å². The van der Waals surface area contributed by atoms with E-state index in [4.69, 9.17) is 4.74 Å². The molecule has 19 heavy (non-hydrogen) atoms. The van der Waals surface area contributed by atoms with Crippen LogP contribution in [0.15, 0.2) is 47.4 Å². The molecule has 1 aromatic carbocycles. The number of para-hydroxylation sites is 2. The van der Waals surface area contributed by atoms with Gasteiger partial charge in [-0.25, -0.2) is 0 Å². The quantitative estimate of drug-likeness (QED) is 0.839. The molecule has 2 heterocycles. The first-order valence-electron chi connectivity index (χ1n) is 5.98. The molecular weight excluding hydrogens is 244 g/mol. The molecule has 96 valence electrons. The normalized spacial score (nSPS) is 13.6. The van der Waals surface area contributed by atoms with Gasteiger partial charge in [-0.2, -0.15) is 0 Å². The average Bonchev–Trinajstić information content (AvgIpc) is 2.47. The van der Waals surface area contributed by atoms with Gasteiger partial charge in [-0.3, -0.25) is 9.59 Å². The number of hydrogen-bond donors (Lipinski definition) is 1. The van der Waals surface area contributed by atoms with Crippen molar-refractivity contribution in [2.24, 2.45) is 0 Å². The van der Waals surface area contributed by atoms with E-state index in [9.17, 15) is 9.59 Å². The number of nitrogens with zero attached hydrogens (tertiary/aromatic N) is 1. The summed E-state index contributed by atoms with van der Waals surface area (Å²) in [6.07, 6.45) is 1.43. The Bertz CT molecular complexity index is 658. The molecule has 1 amide bonds. The monoisotopic (exact) mass is 256 g/mol.